The Bertz CT molecular complexity index is 2410. The molecule has 5 aromatic carbocycles. The summed E-state index contributed by atoms with van der Waals surface area (Å²) in [6.45, 7) is 8.92. The summed E-state index contributed by atoms with van der Waals surface area (Å²) < 4.78 is 71.2. The fourth-order valence-electron chi connectivity index (χ4n) is 4.49. The third kappa shape index (κ3) is 7.04. The zero-order valence-corrected chi connectivity index (χ0v) is 26.1. The number of nitrogen functional groups attached to an aromatic ring is 1. The van der Waals surface area contributed by atoms with Gasteiger partial charge in [-0.3, -0.25) is 9.11 Å². The summed E-state index contributed by atoms with van der Waals surface area (Å²) in [5.74, 6) is -0.558. The number of benzene rings is 5. The van der Waals surface area contributed by atoms with Crippen molar-refractivity contribution in [3.8, 4) is 5.75 Å². The Morgan fingerprint density at radius 3 is 2.11 bits per heavy atom. The number of hydrogen-bond acceptors (Lipinski definition) is 14. The fourth-order valence-corrected chi connectivity index (χ4v) is 6.12. The van der Waals surface area contributed by atoms with Gasteiger partial charge < -0.3 is 10.8 Å². The molecule has 0 aliphatic carbocycles. The highest BCUT2D eigenvalue weighted by Gasteiger charge is 2.21. The molecule has 0 bridgehead atoms. The smallest absolute Gasteiger partial charge is 0.296 e. The lowest BCUT2D eigenvalue weighted by atomic mass is 10.1. The Labute approximate surface area is 270 Å². The van der Waals surface area contributed by atoms with Crippen molar-refractivity contribution in [1.82, 2.24) is 0 Å². The Balaban J connectivity index is 1.67. The summed E-state index contributed by atoms with van der Waals surface area (Å²) >= 11 is 0.363. The molecule has 0 unspecified atom stereocenters. The summed E-state index contributed by atoms with van der Waals surface area (Å²) in [5.41, 5.74) is 7.11. The monoisotopic (exact) mass is 696 g/mol. The predicted octanol–water partition coefficient (Wildman–Crippen LogP) is 7.89. The molecule has 5 aromatic rings. The normalized spacial score (nSPS) is 12.4. The van der Waals surface area contributed by atoms with E-state index in [9.17, 15) is 31.0 Å². The second-order valence-electron chi connectivity index (χ2n) is 9.65. The molecule has 0 saturated heterocycles. The third-order valence-corrected chi connectivity index (χ3v) is 9.06. The molecule has 0 radical (unpaired) electrons. The molecule has 0 heterocycles. The van der Waals surface area contributed by atoms with Crippen LogP contribution in [0.4, 0.5) is 34.1 Å². The Morgan fingerprint density at radius 1 is 0.809 bits per heavy atom. The molecule has 0 aliphatic rings. The number of hydrogen-bond donors (Lipinski definition) is 5. The molecule has 0 saturated carbocycles. The van der Waals surface area contributed by atoms with Gasteiger partial charge in [0, 0.05) is 16.2 Å². The molecule has 47 heavy (non-hydrogen) atoms. The van der Waals surface area contributed by atoms with Crippen molar-refractivity contribution in [3.63, 3.8) is 0 Å². The van der Waals surface area contributed by atoms with Crippen molar-refractivity contribution in [2.45, 2.75) is 21.6 Å². The molecular formula is C28H20N6O10S3. The highest BCUT2D eigenvalue weighted by atomic mass is 32.2. The molecule has 0 atom stereocenters. The second-order valence-corrected chi connectivity index (χ2v) is 13.2. The van der Waals surface area contributed by atoms with E-state index in [1.54, 1.807) is 25.1 Å². The van der Waals surface area contributed by atoms with Gasteiger partial charge in [0.1, 0.15) is 10.6 Å². The summed E-state index contributed by atoms with van der Waals surface area (Å²) in [6, 6.07) is 14.9. The Morgan fingerprint density at radius 2 is 1.47 bits per heavy atom. The van der Waals surface area contributed by atoms with E-state index >= 15 is 0 Å². The standard InChI is InChI=1S/C28H20N6O10S3/c1-14-9-16(30-2)3-6-22(14)31-32-23-7-8-24(20-12-17(46(37,38)39)4-5-18(20)23)33-34-27-25(45-44-43-36)10-15-11-26(47(40,41)42)21(29)13-19(15)28(27)35/h3-13,35-36H,29H2,1H3,(H,37,38,39)(H,40,41,42). The van der Waals surface area contributed by atoms with Crippen molar-refractivity contribution in [2.75, 3.05) is 5.73 Å². The van der Waals surface area contributed by atoms with E-state index in [4.69, 9.17) is 17.6 Å². The molecule has 240 valence electrons. The van der Waals surface area contributed by atoms with Crippen LogP contribution in [0.2, 0.25) is 0 Å². The van der Waals surface area contributed by atoms with Crippen molar-refractivity contribution in [1.29, 1.82) is 0 Å². The number of aryl methyl sites for hydroxylation is 1. The van der Waals surface area contributed by atoms with Crippen LogP contribution >= 0.6 is 12.0 Å². The molecule has 0 aromatic heterocycles. The van der Waals surface area contributed by atoms with Gasteiger partial charge in [-0.2, -0.15) is 21.9 Å². The minimum Gasteiger partial charge on any atom is -0.505 e. The maximum atomic E-state index is 12.0. The van der Waals surface area contributed by atoms with Gasteiger partial charge in [0.2, 0.25) is 0 Å². The summed E-state index contributed by atoms with van der Waals surface area (Å²) in [4.78, 5) is 2.25. The van der Waals surface area contributed by atoms with Gasteiger partial charge in [0.15, 0.2) is 11.4 Å². The lowest BCUT2D eigenvalue weighted by molar-refractivity contribution is -0.432. The molecule has 0 spiro atoms. The third-order valence-electron chi connectivity index (χ3n) is 6.69. The molecule has 0 amide bonds. The highest BCUT2D eigenvalue weighted by molar-refractivity contribution is 7.94. The highest BCUT2D eigenvalue weighted by Crippen LogP contribution is 2.46. The molecule has 6 N–H and O–H groups in total. The van der Waals surface area contributed by atoms with Gasteiger partial charge in [-0.25, -0.2) is 10.1 Å². The average molecular weight is 697 g/mol. The van der Waals surface area contributed by atoms with Crippen LogP contribution in [0.3, 0.4) is 0 Å². The van der Waals surface area contributed by atoms with E-state index in [-0.39, 0.29) is 43.8 Å². The number of nitrogens with zero attached hydrogens (tertiary/aromatic N) is 5. The Hall–Kier alpha value is -5.04. The second kappa shape index (κ2) is 13.0. The number of fused-ring (bicyclic) bond motifs is 2. The van der Waals surface area contributed by atoms with E-state index in [1.807, 2.05) is 0 Å². The number of azo groups is 2. The molecular weight excluding hydrogens is 677 g/mol. The van der Waals surface area contributed by atoms with Crippen LogP contribution in [0.15, 0.2) is 102 Å². The van der Waals surface area contributed by atoms with Crippen molar-refractivity contribution in [3.05, 3.63) is 83.7 Å². The first-order chi connectivity index (χ1) is 22.2. The number of phenolic OH excluding ortho intramolecular Hbond substituents is 1. The van der Waals surface area contributed by atoms with Crippen molar-refractivity contribution < 1.29 is 45.7 Å². The fraction of sp³-hybridized carbons (Fsp3) is 0.0357. The number of rotatable bonds is 9. The van der Waals surface area contributed by atoms with Crippen LogP contribution < -0.4 is 5.73 Å². The maximum absolute atomic E-state index is 12.0. The van der Waals surface area contributed by atoms with E-state index < -0.39 is 35.8 Å². The first-order valence-corrected chi connectivity index (χ1v) is 16.4. The van der Waals surface area contributed by atoms with E-state index in [0.717, 1.165) is 24.3 Å². The summed E-state index contributed by atoms with van der Waals surface area (Å²) in [7, 11) is -9.37. The number of aromatic hydroxyl groups is 1. The summed E-state index contributed by atoms with van der Waals surface area (Å²) in [5, 5.41) is 40.9. The minimum atomic E-state index is -4.72. The van der Waals surface area contributed by atoms with Gasteiger partial charge in [0.25, 0.3) is 20.2 Å². The lowest BCUT2D eigenvalue weighted by Crippen LogP contribution is -2.03. The van der Waals surface area contributed by atoms with Crippen molar-refractivity contribution >= 4 is 87.9 Å². The quantitative estimate of drug-likeness (QED) is 0.0188. The lowest BCUT2D eigenvalue weighted by Gasteiger charge is -2.12. The van der Waals surface area contributed by atoms with Gasteiger partial charge in [0.05, 0.1) is 51.2 Å². The maximum Gasteiger partial charge on any atom is 0.296 e. The van der Waals surface area contributed by atoms with Gasteiger partial charge >= 0.3 is 0 Å². The van der Waals surface area contributed by atoms with Crippen molar-refractivity contribution in [2.24, 2.45) is 20.5 Å². The van der Waals surface area contributed by atoms with Crippen LogP contribution in [0.5, 0.6) is 5.75 Å². The van der Waals surface area contributed by atoms with Gasteiger partial charge in [-0.15, -0.1) is 19.7 Å². The number of anilines is 1. The van der Waals surface area contributed by atoms with Crippen LogP contribution in [-0.2, 0) is 29.6 Å². The Kier molecular flexibility index (Phi) is 9.21. The largest absolute Gasteiger partial charge is 0.505 e. The molecule has 16 nitrogen and oxygen atoms in total. The van der Waals surface area contributed by atoms with Crippen LogP contribution in [0.1, 0.15) is 5.56 Å². The van der Waals surface area contributed by atoms with Crippen LogP contribution in [0.25, 0.3) is 26.4 Å². The molecule has 19 heteroatoms. The van der Waals surface area contributed by atoms with Gasteiger partial charge in [-0.1, -0.05) is 23.2 Å². The van der Waals surface area contributed by atoms with E-state index in [1.165, 1.54) is 24.3 Å². The molecule has 5 rings (SSSR count). The first-order valence-electron chi connectivity index (χ1n) is 12.8. The number of phenols is 1. The van der Waals surface area contributed by atoms with E-state index in [2.05, 4.69) is 34.7 Å². The summed E-state index contributed by atoms with van der Waals surface area (Å²) in [6.07, 6.45) is 0. The predicted molar refractivity (Wildman–Crippen MR) is 170 cm³/mol. The topological polar surface area (TPSA) is 247 Å². The SMILES string of the molecule is [C-]#[N+]c1ccc(N=Nc2ccc(N=Nc3c(SOOO)cc4cc(S(=O)(=O)O)c(N)cc4c3O)c3cc(S(=O)(=O)O)ccc23)c(C)c1. The molecule has 0 aliphatic heterocycles. The minimum absolute atomic E-state index is 0.00659. The molecule has 0 fully saturated rings. The zero-order valence-electron chi connectivity index (χ0n) is 23.6. The number of nitrogens with two attached hydrogens (primary N) is 1. The van der Waals surface area contributed by atoms with Gasteiger partial charge in [-0.05, 0) is 66.4 Å². The average Bonchev–Trinajstić information content (AvgIpc) is 3.02. The zero-order chi connectivity index (χ0) is 34.1. The van der Waals surface area contributed by atoms with E-state index in [0.29, 0.717) is 34.4 Å². The van der Waals surface area contributed by atoms with Crippen LogP contribution in [0, 0.1) is 13.5 Å². The first kappa shape index (κ1) is 33.3. The van der Waals surface area contributed by atoms with Crippen LogP contribution in [-0.4, -0.2) is 36.3 Å².